The zero-order valence-corrected chi connectivity index (χ0v) is 19.5. The van der Waals surface area contributed by atoms with Crippen LogP contribution < -0.4 is 5.19 Å². The minimum absolute atomic E-state index is 0.120. The maximum absolute atomic E-state index is 14.2. The first kappa shape index (κ1) is 22.6. The van der Waals surface area contributed by atoms with Gasteiger partial charge >= 0.3 is 0 Å². The fraction of sp³-hybridized carbons (Fsp3) is 0.269. The summed E-state index contributed by atoms with van der Waals surface area (Å²) >= 11 is 0. The van der Waals surface area contributed by atoms with E-state index in [1.54, 1.807) is 0 Å². The summed E-state index contributed by atoms with van der Waals surface area (Å²) in [4.78, 5) is 25.5. The zero-order chi connectivity index (χ0) is 22.6. The van der Waals surface area contributed by atoms with E-state index < -0.39 is 19.9 Å². The lowest BCUT2D eigenvalue weighted by atomic mass is 9.81. The lowest BCUT2D eigenvalue weighted by Gasteiger charge is -2.31. The Labute approximate surface area is 185 Å². The highest BCUT2D eigenvalue weighted by Gasteiger charge is 2.43. The van der Waals surface area contributed by atoms with Crippen molar-refractivity contribution in [3.05, 3.63) is 111 Å². The van der Waals surface area contributed by atoms with Gasteiger partial charge in [-0.3, -0.25) is 10.1 Å². The van der Waals surface area contributed by atoms with Gasteiger partial charge in [0.2, 0.25) is 6.54 Å². The molecule has 0 heterocycles. The van der Waals surface area contributed by atoms with E-state index in [4.69, 9.17) is 0 Å². The Morgan fingerprint density at radius 2 is 1.32 bits per heavy atom. The first-order valence-corrected chi connectivity index (χ1v) is 13.5. The van der Waals surface area contributed by atoms with Gasteiger partial charge in [0.05, 0.1) is 11.8 Å². The van der Waals surface area contributed by atoms with Crippen molar-refractivity contribution in [1.82, 2.24) is 0 Å². The first-order chi connectivity index (χ1) is 14.7. The van der Waals surface area contributed by atoms with Crippen molar-refractivity contribution >= 4 is 18.7 Å². The van der Waals surface area contributed by atoms with E-state index >= 15 is 0 Å². The Hall–Kier alpha value is -3.05. The molecule has 0 radical (unpaired) electrons. The highest BCUT2D eigenvalue weighted by molar-refractivity contribution is 7.13. The number of hydrogen-bond acceptors (Lipinski definition) is 3. The Bertz CT molecular complexity index is 1040. The summed E-state index contributed by atoms with van der Waals surface area (Å²) in [6.07, 6.45) is 0. The van der Waals surface area contributed by atoms with Crippen molar-refractivity contribution in [2.24, 2.45) is 0 Å². The monoisotopic (exact) mass is 431 g/mol. The molecule has 2 atom stereocenters. The smallest absolute Gasteiger partial charge is 0.211 e. The van der Waals surface area contributed by atoms with Gasteiger partial charge in [-0.2, -0.15) is 0 Å². The number of nitro groups is 1. The predicted octanol–water partition coefficient (Wildman–Crippen LogP) is 5.17. The highest BCUT2D eigenvalue weighted by atomic mass is 28.3. The molecule has 0 unspecified atom stereocenters. The summed E-state index contributed by atoms with van der Waals surface area (Å²) in [6.45, 7) is 7.79. The van der Waals surface area contributed by atoms with E-state index in [-0.39, 0.29) is 16.9 Å². The average molecular weight is 432 g/mol. The van der Waals surface area contributed by atoms with E-state index in [1.165, 1.54) is 0 Å². The molecule has 0 amide bonds. The van der Waals surface area contributed by atoms with Crippen LogP contribution in [0, 0.1) is 24.0 Å². The van der Waals surface area contributed by atoms with Gasteiger partial charge in [-0.05, 0) is 25.0 Å². The van der Waals surface area contributed by atoms with Crippen molar-refractivity contribution in [2.45, 2.75) is 38.8 Å². The number of benzene rings is 3. The molecule has 0 aliphatic rings. The van der Waals surface area contributed by atoms with Crippen LogP contribution in [0.4, 0.5) is 0 Å². The third kappa shape index (κ3) is 5.17. The Kier molecular flexibility index (Phi) is 6.86. The molecule has 31 heavy (non-hydrogen) atoms. The number of nitrogens with zero attached hydrogens (tertiary/aromatic N) is 1. The van der Waals surface area contributed by atoms with E-state index in [0.717, 1.165) is 27.4 Å². The van der Waals surface area contributed by atoms with Crippen LogP contribution in [0.15, 0.2) is 78.9 Å². The van der Waals surface area contributed by atoms with Crippen LogP contribution in [0.5, 0.6) is 0 Å². The number of carbonyl (C=O) groups is 1. The third-order valence-corrected chi connectivity index (χ3v) is 9.40. The van der Waals surface area contributed by atoms with Crippen LogP contribution in [-0.2, 0) is 4.79 Å². The topological polar surface area (TPSA) is 60.2 Å². The Balaban J connectivity index is 2.16. The summed E-state index contributed by atoms with van der Waals surface area (Å²) in [6, 6.07) is 25.5. The Morgan fingerprint density at radius 1 is 0.839 bits per heavy atom. The standard InChI is InChI=1S/C26H29NO3Si/c1-19-10-14-21(15-11-19)24(18-27(29)30)25(22-16-12-20(2)13-17-22)26(28)31(3,4)23-8-6-5-7-9-23/h5-17,24-25H,18H2,1-4H3/t24-,25+/m0/s1. The summed E-state index contributed by atoms with van der Waals surface area (Å²) < 4.78 is 0. The molecule has 0 spiro atoms. The van der Waals surface area contributed by atoms with Crippen LogP contribution >= 0.6 is 0 Å². The fourth-order valence-electron chi connectivity index (χ4n) is 4.10. The summed E-state index contributed by atoms with van der Waals surface area (Å²) in [5.41, 5.74) is 3.86. The molecular weight excluding hydrogens is 402 g/mol. The second-order valence-corrected chi connectivity index (χ2v) is 13.1. The van der Waals surface area contributed by atoms with Crippen LogP contribution in [0.2, 0.25) is 13.1 Å². The second-order valence-electron chi connectivity index (χ2n) is 8.78. The van der Waals surface area contributed by atoms with Crippen molar-refractivity contribution < 1.29 is 9.72 Å². The molecule has 0 fully saturated rings. The van der Waals surface area contributed by atoms with Gasteiger partial charge in [-0.1, -0.05) is 108 Å². The third-order valence-electron chi connectivity index (χ3n) is 6.08. The summed E-state index contributed by atoms with van der Waals surface area (Å²) in [5.74, 6) is -1.10. The van der Waals surface area contributed by atoms with Crippen LogP contribution in [0.3, 0.4) is 0 Å². The average Bonchev–Trinajstić information content (AvgIpc) is 2.75. The molecule has 0 aliphatic carbocycles. The van der Waals surface area contributed by atoms with E-state index in [9.17, 15) is 14.9 Å². The molecular formula is C26H29NO3Si. The van der Waals surface area contributed by atoms with Crippen LogP contribution in [-0.4, -0.2) is 24.9 Å². The van der Waals surface area contributed by atoms with Gasteiger partial charge in [0.25, 0.3) is 0 Å². The number of hydrogen-bond donors (Lipinski definition) is 0. The maximum Gasteiger partial charge on any atom is 0.211 e. The largest absolute Gasteiger partial charge is 0.304 e. The van der Waals surface area contributed by atoms with Gasteiger partial charge in [-0.15, -0.1) is 0 Å². The maximum atomic E-state index is 14.2. The molecule has 0 aliphatic heterocycles. The molecule has 0 saturated carbocycles. The second kappa shape index (κ2) is 9.39. The number of aryl methyl sites for hydroxylation is 2. The molecule has 0 aromatic heterocycles. The Morgan fingerprint density at radius 3 is 1.81 bits per heavy atom. The normalized spacial score (nSPS) is 13.4. The van der Waals surface area contributed by atoms with Crippen molar-refractivity contribution in [3.63, 3.8) is 0 Å². The lowest BCUT2D eigenvalue weighted by molar-refractivity contribution is -0.483. The fourth-order valence-corrected chi connectivity index (χ4v) is 6.56. The van der Waals surface area contributed by atoms with Gasteiger partial charge < -0.3 is 4.79 Å². The summed E-state index contributed by atoms with van der Waals surface area (Å²) in [7, 11) is -2.56. The molecule has 4 nitrogen and oxygen atoms in total. The van der Waals surface area contributed by atoms with E-state index in [0.29, 0.717) is 0 Å². The molecule has 0 saturated heterocycles. The number of rotatable bonds is 8. The van der Waals surface area contributed by atoms with Crippen molar-refractivity contribution in [3.8, 4) is 0 Å². The van der Waals surface area contributed by atoms with Crippen molar-refractivity contribution in [2.75, 3.05) is 6.54 Å². The van der Waals surface area contributed by atoms with Gasteiger partial charge in [0, 0.05) is 4.92 Å². The van der Waals surface area contributed by atoms with Crippen molar-refractivity contribution in [1.29, 1.82) is 0 Å². The van der Waals surface area contributed by atoms with Crippen LogP contribution in [0.1, 0.15) is 34.1 Å². The molecule has 5 heteroatoms. The quantitative estimate of drug-likeness (QED) is 0.281. The number of carbonyl (C=O) groups excluding carboxylic acids is 1. The summed E-state index contributed by atoms with van der Waals surface area (Å²) in [5, 5.41) is 12.9. The van der Waals surface area contributed by atoms with Crippen LogP contribution in [0.25, 0.3) is 0 Å². The molecule has 3 rings (SSSR count). The molecule has 160 valence electrons. The molecule has 3 aromatic rings. The first-order valence-electron chi connectivity index (χ1n) is 10.5. The minimum Gasteiger partial charge on any atom is -0.304 e. The van der Waals surface area contributed by atoms with Gasteiger partial charge in [0.1, 0.15) is 5.41 Å². The van der Waals surface area contributed by atoms with E-state index in [2.05, 4.69) is 0 Å². The van der Waals surface area contributed by atoms with Gasteiger partial charge in [-0.25, -0.2) is 0 Å². The van der Waals surface area contributed by atoms with E-state index in [1.807, 2.05) is 106 Å². The molecule has 0 N–H and O–H groups in total. The SMILES string of the molecule is Cc1ccc([C@@H](C(=O)[Si](C)(C)c2ccccc2)[C@@H](C[N+](=O)[O-])c2ccc(C)cc2)cc1. The predicted molar refractivity (Wildman–Crippen MR) is 128 cm³/mol. The highest BCUT2D eigenvalue weighted by Crippen LogP contribution is 2.37. The zero-order valence-electron chi connectivity index (χ0n) is 18.5. The molecule has 0 bridgehead atoms. The van der Waals surface area contributed by atoms with Gasteiger partial charge in [0.15, 0.2) is 8.07 Å². The lowest BCUT2D eigenvalue weighted by Crippen LogP contribution is -2.53. The molecule has 3 aromatic carbocycles. The minimum atomic E-state index is -2.56.